The van der Waals surface area contributed by atoms with Crippen LogP contribution >= 0.6 is 21.6 Å². The van der Waals surface area contributed by atoms with Crippen LogP contribution in [0.25, 0.3) is 0 Å². The minimum Gasteiger partial charge on any atom is -0.487 e. The molecule has 14 heteroatoms. The van der Waals surface area contributed by atoms with Crippen LogP contribution in [-0.2, 0) is 41.5 Å². The molecule has 0 aromatic heterocycles. The highest BCUT2D eigenvalue weighted by molar-refractivity contribution is 8.76. The number of esters is 4. The van der Waals surface area contributed by atoms with E-state index in [4.69, 9.17) is 28.4 Å². The van der Waals surface area contributed by atoms with Crippen LogP contribution in [0.4, 0.5) is 0 Å². The van der Waals surface area contributed by atoms with Gasteiger partial charge in [-0.1, -0.05) is 167 Å². The molecule has 4 aliphatic rings. The van der Waals surface area contributed by atoms with Crippen molar-refractivity contribution in [2.24, 2.45) is 47.3 Å². The summed E-state index contributed by atoms with van der Waals surface area (Å²) in [5, 5.41) is 0. The maximum atomic E-state index is 13.2. The number of carbonyl (C=O) groups is 4. The normalized spacial score (nSPS) is 20.1. The van der Waals surface area contributed by atoms with Crippen LogP contribution in [0.15, 0.2) is 0 Å². The Morgan fingerprint density at radius 2 is 0.750 bits per heavy atom. The van der Waals surface area contributed by atoms with E-state index in [-0.39, 0.29) is 48.8 Å². The standard InChI is InChI=1S/C82H136N2O10S2/c1-57(2)23-17-25-59(5)27-19-29-61(7)31-21-43-81(15)45-37-71-67(13)77(63(9)65(11)79(71)93-81)91-75(87)35-33-73(85)89-55-69-39-47-83(48-40-69)51-53-95-96-54-52-84-49-41-70(42-50-84)56-90-74(86)34-36-76(88)92-78-64(10)66(12)80-72(68(78)14)38-46-82(16,94-80)44-22-32-62(8)30-20-28-60(6)26-18-24-58(3)4/h57-62,69-70H,17-56H2,1-16H3. The zero-order valence-corrected chi connectivity index (χ0v) is 65.3. The lowest BCUT2D eigenvalue weighted by Crippen LogP contribution is -2.37. The lowest BCUT2D eigenvalue weighted by atomic mass is 9.83. The maximum Gasteiger partial charge on any atom is 0.311 e. The topological polar surface area (TPSA) is 130 Å². The summed E-state index contributed by atoms with van der Waals surface area (Å²) in [5.41, 5.74) is 7.69. The Morgan fingerprint density at radius 3 is 1.08 bits per heavy atom. The first-order chi connectivity index (χ1) is 45.7. The monoisotopic (exact) mass is 1370 g/mol. The molecule has 2 aromatic carbocycles. The van der Waals surface area contributed by atoms with Gasteiger partial charge in [0.1, 0.15) is 34.2 Å². The summed E-state index contributed by atoms with van der Waals surface area (Å²) in [6, 6.07) is 0. The highest BCUT2D eigenvalue weighted by Crippen LogP contribution is 2.47. The molecule has 0 N–H and O–H groups in total. The van der Waals surface area contributed by atoms with Gasteiger partial charge in [0.15, 0.2) is 0 Å². The highest BCUT2D eigenvalue weighted by atomic mass is 33.1. The largest absolute Gasteiger partial charge is 0.487 e. The molecular weight excluding hydrogens is 1240 g/mol. The Labute approximate surface area is 593 Å². The van der Waals surface area contributed by atoms with Crippen molar-refractivity contribution in [2.45, 2.75) is 315 Å². The van der Waals surface area contributed by atoms with E-state index in [0.717, 1.165) is 206 Å². The van der Waals surface area contributed by atoms with Gasteiger partial charge in [0.05, 0.1) is 38.9 Å². The second kappa shape index (κ2) is 41.5. The van der Waals surface area contributed by atoms with E-state index in [1.165, 1.54) is 103 Å². The van der Waals surface area contributed by atoms with E-state index in [9.17, 15) is 19.2 Å². The quantitative estimate of drug-likeness (QED) is 0.0270. The number of hydrogen-bond acceptors (Lipinski definition) is 14. The molecule has 0 bridgehead atoms. The molecule has 0 amide bonds. The fraction of sp³-hybridized carbons (Fsp3) is 0.805. The molecule has 0 radical (unpaired) electrons. The molecule has 546 valence electrons. The lowest BCUT2D eigenvalue weighted by Gasteiger charge is -2.38. The second-order valence-electron chi connectivity index (χ2n) is 32.4. The smallest absolute Gasteiger partial charge is 0.311 e. The summed E-state index contributed by atoms with van der Waals surface area (Å²) in [5.74, 6) is 9.19. The molecule has 6 unspecified atom stereocenters. The number of ether oxygens (including phenoxy) is 6. The van der Waals surface area contributed by atoms with Crippen LogP contribution in [0.1, 0.15) is 294 Å². The number of carbonyl (C=O) groups excluding carboxylic acids is 4. The van der Waals surface area contributed by atoms with E-state index in [0.29, 0.717) is 36.5 Å². The van der Waals surface area contributed by atoms with Crippen LogP contribution in [-0.4, -0.2) is 109 Å². The van der Waals surface area contributed by atoms with Crippen LogP contribution in [0.2, 0.25) is 0 Å². The number of likely N-dealkylation sites (tertiary alicyclic amines) is 2. The molecule has 0 saturated carbocycles. The Morgan fingerprint density at radius 1 is 0.438 bits per heavy atom. The number of nitrogens with zero attached hydrogens (tertiary/aromatic N) is 2. The fourth-order valence-electron chi connectivity index (χ4n) is 15.3. The summed E-state index contributed by atoms with van der Waals surface area (Å²) in [6.45, 7) is 42.7. The van der Waals surface area contributed by atoms with Gasteiger partial charge >= 0.3 is 23.9 Å². The molecular formula is C82H136N2O10S2. The number of fused-ring (bicyclic) bond motifs is 2. The number of rotatable bonds is 43. The summed E-state index contributed by atoms with van der Waals surface area (Å²) in [4.78, 5) is 57.2. The zero-order chi connectivity index (χ0) is 70.0. The van der Waals surface area contributed by atoms with Crippen molar-refractivity contribution < 1.29 is 47.6 Å². The van der Waals surface area contributed by atoms with Crippen LogP contribution in [0.3, 0.4) is 0 Å². The van der Waals surface area contributed by atoms with Gasteiger partial charge in [0, 0.05) is 35.7 Å². The average molecular weight is 1370 g/mol. The van der Waals surface area contributed by atoms with Gasteiger partial charge in [-0.25, -0.2) is 0 Å². The van der Waals surface area contributed by atoms with Crippen molar-refractivity contribution in [1.82, 2.24) is 9.80 Å². The number of hydrogen-bond donors (Lipinski definition) is 0. The van der Waals surface area contributed by atoms with Gasteiger partial charge in [0.25, 0.3) is 0 Å². The predicted octanol–water partition coefficient (Wildman–Crippen LogP) is 20.5. The summed E-state index contributed by atoms with van der Waals surface area (Å²) in [7, 11) is 3.89. The molecule has 6 rings (SSSR count). The van der Waals surface area contributed by atoms with Crippen molar-refractivity contribution in [3.05, 3.63) is 44.5 Å². The Kier molecular flexibility index (Phi) is 35.2. The SMILES string of the molecule is Cc1c(C)c2c(c(C)c1OC(=O)CCC(=O)OCC1CCN(CCSSCCN3CCC(COC(=O)CCC(=O)Oc4c(C)c(C)c5c(c4C)CCC(C)(CCCC(C)CCCC(C)CCCC(C)C)O5)CC3)CC1)CCC(C)(CCCC(C)CCCC(C)CCCC(C)C)O2. The Balaban J connectivity index is 0.755. The van der Waals surface area contributed by atoms with Crippen LogP contribution < -0.4 is 18.9 Å². The first-order valence-electron chi connectivity index (χ1n) is 38.8. The van der Waals surface area contributed by atoms with Crippen molar-refractivity contribution in [3.8, 4) is 23.0 Å². The third kappa shape index (κ3) is 27.8. The molecule has 4 heterocycles. The zero-order valence-electron chi connectivity index (χ0n) is 63.7. The first-order valence-corrected chi connectivity index (χ1v) is 41.3. The maximum absolute atomic E-state index is 13.2. The first kappa shape index (κ1) is 81.5. The average Bonchev–Trinajstić information content (AvgIpc) is 0.768. The van der Waals surface area contributed by atoms with Crippen molar-refractivity contribution >= 4 is 45.5 Å². The molecule has 2 fully saturated rings. The van der Waals surface area contributed by atoms with Crippen LogP contribution in [0, 0.1) is 88.9 Å². The Hall–Kier alpha value is -3.46. The number of benzene rings is 2. The summed E-state index contributed by atoms with van der Waals surface area (Å²) < 4.78 is 37.2. The molecule has 2 saturated heterocycles. The fourth-order valence-corrected chi connectivity index (χ4v) is 17.4. The lowest BCUT2D eigenvalue weighted by molar-refractivity contribution is -0.148. The minimum atomic E-state index is -0.408. The van der Waals surface area contributed by atoms with Crippen molar-refractivity contribution in [1.29, 1.82) is 0 Å². The third-order valence-corrected chi connectivity index (χ3v) is 25.0. The molecule has 96 heavy (non-hydrogen) atoms. The molecule has 12 nitrogen and oxygen atoms in total. The van der Waals surface area contributed by atoms with Crippen LogP contribution in [0.5, 0.6) is 23.0 Å². The van der Waals surface area contributed by atoms with E-state index >= 15 is 0 Å². The van der Waals surface area contributed by atoms with Gasteiger partial charge < -0.3 is 38.2 Å². The van der Waals surface area contributed by atoms with Gasteiger partial charge in [-0.05, 0) is 239 Å². The number of piperidine rings is 2. The van der Waals surface area contributed by atoms with Gasteiger partial charge in [-0.2, -0.15) is 0 Å². The molecule has 6 atom stereocenters. The Bertz CT molecular complexity index is 2530. The van der Waals surface area contributed by atoms with Crippen molar-refractivity contribution in [2.75, 3.05) is 64.0 Å². The van der Waals surface area contributed by atoms with E-state index in [1.807, 2.05) is 49.3 Å². The summed E-state index contributed by atoms with van der Waals surface area (Å²) >= 11 is 0. The van der Waals surface area contributed by atoms with E-state index < -0.39 is 11.9 Å². The van der Waals surface area contributed by atoms with E-state index in [2.05, 4.69) is 92.9 Å². The molecule has 0 aliphatic carbocycles. The van der Waals surface area contributed by atoms with Crippen molar-refractivity contribution in [3.63, 3.8) is 0 Å². The molecule has 2 aromatic rings. The summed E-state index contributed by atoms with van der Waals surface area (Å²) in [6.07, 6.45) is 30.7. The molecule has 0 spiro atoms. The third-order valence-electron chi connectivity index (χ3n) is 22.6. The highest BCUT2D eigenvalue weighted by Gasteiger charge is 2.37. The predicted molar refractivity (Wildman–Crippen MR) is 400 cm³/mol. The van der Waals surface area contributed by atoms with Gasteiger partial charge in [0.2, 0.25) is 0 Å². The van der Waals surface area contributed by atoms with E-state index in [1.54, 1.807) is 0 Å². The second-order valence-corrected chi connectivity index (χ2v) is 35.1. The molecule has 4 aliphatic heterocycles. The van der Waals surface area contributed by atoms with Gasteiger partial charge in [-0.3, -0.25) is 19.2 Å². The van der Waals surface area contributed by atoms with Gasteiger partial charge in [-0.15, -0.1) is 0 Å². The minimum absolute atomic E-state index is 0.0106.